The number of anilines is 1. The van der Waals surface area contributed by atoms with Crippen LogP contribution in [0, 0.1) is 23.2 Å². The maximum atomic E-state index is 12.7. The Balaban J connectivity index is 1.59. The van der Waals surface area contributed by atoms with Crippen LogP contribution in [0.5, 0.6) is 0 Å². The minimum atomic E-state index is -0.581. The zero-order valence-electron chi connectivity index (χ0n) is 20.9. The van der Waals surface area contributed by atoms with E-state index in [2.05, 4.69) is 69.0 Å². The molecule has 0 radical (unpaired) electrons. The van der Waals surface area contributed by atoms with Gasteiger partial charge in [-0.1, -0.05) is 26.8 Å². The third-order valence-corrected chi connectivity index (χ3v) is 7.60. The average molecular weight is 557 g/mol. The van der Waals surface area contributed by atoms with Gasteiger partial charge in [0.2, 0.25) is 5.91 Å². The molecular weight excluding hydrogens is 524 g/mol. The molecule has 3 amide bonds. The maximum Gasteiger partial charge on any atom is 0.345 e. The molecular formula is C26H33BrN6O3. The molecule has 1 fully saturated rings. The second-order valence-electron chi connectivity index (χ2n) is 9.97. The van der Waals surface area contributed by atoms with Crippen LogP contribution in [0.4, 0.5) is 10.5 Å². The number of hydrogen-bond donors (Lipinski definition) is 2. The van der Waals surface area contributed by atoms with Crippen molar-refractivity contribution in [2.45, 2.75) is 53.1 Å². The fraction of sp³-hybridized carbons (Fsp3) is 0.462. The van der Waals surface area contributed by atoms with Gasteiger partial charge < -0.3 is 10.6 Å². The molecule has 3 atom stereocenters. The number of carbonyl (C=O) groups is 2. The molecule has 36 heavy (non-hydrogen) atoms. The van der Waals surface area contributed by atoms with E-state index >= 15 is 0 Å². The Morgan fingerprint density at radius 2 is 2.06 bits per heavy atom. The van der Waals surface area contributed by atoms with Crippen molar-refractivity contribution in [2.75, 3.05) is 5.32 Å². The lowest BCUT2D eigenvalue weighted by atomic mass is 9.61. The molecule has 192 valence electrons. The van der Waals surface area contributed by atoms with Crippen LogP contribution >= 0.6 is 15.9 Å². The molecule has 2 aromatic heterocycles. The smallest absolute Gasteiger partial charge is 0.345 e. The molecule has 0 aliphatic heterocycles. The number of pyridine rings is 1. The van der Waals surface area contributed by atoms with Gasteiger partial charge in [-0.2, -0.15) is 5.10 Å². The molecule has 1 saturated carbocycles. The maximum absolute atomic E-state index is 12.7. The lowest BCUT2D eigenvalue weighted by Crippen LogP contribution is -2.37. The number of nitrogens with zero attached hydrogens (tertiary/aromatic N) is 4. The summed E-state index contributed by atoms with van der Waals surface area (Å²) >= 11 is 3.21. The molecule has 2 heterocycles. The standard InChI is InChI=1S/C26H33BrN6O3/c1-5-6-20-11-19(17(2)12-26(20,3)4)14-30-25(36)32-21-15-31-33(24(35)23(21)27)16-22(34)29-13-18-7-9-28-10-8-18/h5,7-10,14-15,17,19-20H,1,6,11-13,16H2,2-4H3,(H,29,34)(H,32,36)/b30-14+/t17-,19?,20+/m1/s1. The lowest BCUT2D eigenvalue weighted by Gasteiger charge is -2.44. The van der Waals surface area contributed by atoms with Crippen LogP contribution < -0.4 is 16.2 Å². The van der Waals surface area contributed by atoms with Crippen LogP contribution in [-0.4, -0.2) is 32.9 Å². The zero-order chi connectivity index (χ0) is 26.3. The van der Waals surface area contributed by atoms with Gasteiger partial charge in [0.25, 0.3) is 5.56 Å². The van der Waals surface area contributed by atoms with E-state index in [1.165, 1.54) is 6.20 Å². The summed E-state index contributed by atoms with van der Waals surface area (Å²) < 4.78 is 1.12. The van der Waals surface area contributed by atoms with E-state index in [4.69, 9.17) is 0 Å². The number of rotatable bonds is 8. The van der Waals surface area contributed by atoms with Crippen LogP contribution in [0.1, 0.15) is 45.6 Å². The number of nitrogens with one attached hydrogen (secondary N) is 2. The first kappa shape index (κ1) is 27.4. The second kappa shape index (κ2) is 12.2. The highest BCUT2D eigenvalue weighted by atomic mass is 79.9. The van der Waals surface area contributed by atoms with Crippen LogP contribution in [0.2, 0.25) is 0 Å². The van der Waals surface area contributed by atoms with Gasteiger partial charge in [-0.15, -0.1) is 6.58 Å². The minimum Gasteiger partial charge on any atom is -0.350 e. The van der Waals surface area contributed by atoms with Crippen LogP contribution in [-0.2, 0) is 17.9 Å². The molecule has 0 aromatic carbocycles. The molecule has 3 rings (SSSR count). The fourth-order valence-corrected chi connectivity index (χ4v) is 5.13. The van der Waals surface area contributed by atoms with Gasteiger partial charge >= 0.3 is 6.03 Å². The SMILES string of the molecule is C=CC[C@H]1CC(/C=N/C(=O)Nc2cnn(CC(=O)NCc3ccncc3)c(=O)c2Br)[C@H](C)CC1(C)C. The van der Waals surface area contributed by atoms with Crippen LogP contribution in [0.15, 0.2) is 57.6 Å². The zero-order valence-corrected chi connectivity index (χ0v) is 22.5. The van der Waals surface area contributed by atoms with Crippen molar-refractivity contribution in [3.63, 3.8) is 0 Å². The number of amides is 3. The van der Waals surface area contributed by atoms with E-state index in [-0.39, 0.29) is 33.9 Å². The van der Waals surface area contributed by atoms with E-state index in [9.17, 15) is 14.4 Å². The Hall–Kier alpha value is -3.14. The van der Waals surface area contributed by atoms with Gasteiger partial charge in [0.15, 0.2) is 0 Å². The van der Waals surface area contributed by atoms with Gasteiger partial charge in [0.1, 0.15) is 11.0 Å². The Bertz CT molecular complexity index is 1180. The molecule has 2 aromatic rings. The lowest BCUT2D eigenvalue weighted by molar-refractivity contribution is -0.122. The molecule has 0 bridgehead atoms. The number of allylic oxidation sites excluding steroid dienone is 1. The van der Waals surface area contributed by atoms with Crippen molar-refractivity contribution in [2.24, 2.45) is 28.2 Å². The monoisotopic (exact) mass is 556 g/mol. The van der Waals surface area contributed by atoms with Gasteiger partial charge in [0, 0.05) is 25.2 Å². The van der Waals surface area contributed by atoms with Crippen molar-refractivity contribution in [1.82, 2.24) is 20.1 Å². The largest absolute Gasteiger partial charge is 0.350 e. The number of aliphatic imine (C=N–C) groups is 1. The molecule has 1 aliphatic rings. The van der Waals surface area contributed by atoms with Gasteiger partial charge in [0.05, 0.1) is 11.9 Å². The van der Waals surface area contributed by atoms with E-state index in [1.54, 1.807) is 30.7 Å². The highest BCUT2D eigenvalue weighted by Crippen LogP contribution is 2.47. The Morgan fingerprint density at radius 1 is 1.33 bits per heavy atom. The highest BCUT2D eigenvalue weighted by Gasteiger charge is 2.38. The van der Waals surface area contributed by atoms with E-state index in [0.29, 0.717) is 18.4 Å². The molecule has 0 saturated heterocycles. The van der Waals surface area contributed by atoms with Gasteiger partial charge in [-0.05, 0) is 76.1 Å². The minimum absolute atomic E-state index is 0.0989. The first-order chi connectivity index (χ1) is 17.1. The number of carbonyl (C=O) groups excluding carboxylic acids is 2. The normalized spacial score (nSPS) is 21.2. The topological polar surface area (TPSA) is 118 Å². The highest BCUT2D eigenvalue weighted by molar-refractivity contribution is 9.10. The van der Waals surface area contributed by atoms with Gasteiger partial charge in [-0.25, -0.2) is 14.5 Å². The van der Waals surface area contributed by atoms with Crippen LogP contribution in [0.25, 0.3) is 0 Å². The Labute approximate surface area is 219 Å². The predicted molar refractivity (Wildman–Crippen MR) is 144 cm³/mol. The summed E-state index contributed by atoms with van der Waals surface area (Å²) in [5.41, 5.74) is 0.765. The third kappa shape index (κ3) is 7.19. The number of hydrogen-bond acceptors (Lipinski definition) is 5. The van der Waals surface area contributed by atoms with Crippen molar-refractivity contribution < 1.29 is 9.59 Å². The van der Waals surface area contributed by atoms with Crippen molar-refractivity contribution in [3.05, 3.63) is 63.8 Å². The summed E-state index contributed by atoms with van der Waals surface area (Å²) in [5.74, 6) is 0.710. The van der Waals surface area contributed by atoms with E-state index in [0.717, 1.165) is 29.5 Å². The summed E-state index contributed by atoms with van der Waals surface area (Å²) in [6.45, 7) is 10.7. The summed E-state index contributed by atoms with van der Waals surface area (Å²) in [7, 11) is 0. The van der Waals surface area contributed by atoms with Crippen molar-refractivity contribution >= 4 is 39.8 Å². The first-order valence-corrected chi connectivity index (χ1v) is 12.8. The first-order valence-electron chi connectivity index (χ1n) is 12.0. The second-order valence-corrected chi connectivity index (χ2v) is 10.8. The number of halogens is 1. The van der Waals surface area contributed by atoms with E-state index in [1.807, 2.05) is 6.08 Å². The summed E-state index contributed by atoms with van der Waals surface area (Å²) in [6, 6.07) is 3.00. The quantitative estimate of drug-likeness (QED) is 0.364. The van der Waals surface area contributed by atoms with Crippen LogP contribution in [0.3, 0.4) is 0 Å². The van der Waals surface area contributed by atoms with Crippen molar-refractivity contribution in [3.8, 4) is 0 Å². The van der Waals surface area contributed by atoms with Gasteiger partial charge in [-0.3, -0.25) is 14.6 Å². The Morgan fingerprint density at radius 3 is 2.75 bits per heavy atom. The molecule has 2 N–H and O–H groups in total. The third-order valence-electron chi connectivity index (χ3n) is 6.83. The summed E-state index contributed by atoms with van der Waals surface area (Å²) in [6.07, 6.45) is 11.2. The number of aromatic nitrogens is 3. The number of urea groups is 1. The summed E-state index contributed by atoms with van der Waals surface area (Å²) in [4.78, 5) is 45.4. The molecule has 10 heteroatoms. The molecule has 9 nitrogen and oxygen atoms in total. The molecule has 0 spiro atoms. The molecule has 1 unspecified atom stereocenters. The van der Waals surface area contributed by atoms with Crippen molar-refractivity contribution in [1.29, 1.82) is 0 Å². The summed E-state index contributed by atoms with van der Waals surface area (Å²) in [5, 5.41) is 9.36. The Kier molecular flexibility index (Phi) is 9.31. The average Bonchev–Trinajstić information content (AvgIpc) is 2.84. The molecule has 1 aliphatic carbocycles. The fourth-order valence-electron chi connectivity index (χ4n) is 4.72. The predicted octanol–water partition coefficient (Wildman–Crippen LogP) is 4.58. The van der Waals surface area contributed by atoms with E-state index < -0.39 is 11.6 Å².